The van der Waals surface area contributed by atoms with E-state index >= 15 is 0 Å². The van der Waals surface area contributed by atoms with Crippen molar-refractivity contribution < 1.29 is 45.7 Å². The van der Waals surface area contributed by atoms with Gasteiger partial charge in [0, 0.05) is 5.69 Å². The molecule has 1 aliphatic rings. The Hall–Kier alpha value is -3.46. The molecule has 1 N–H and O–H groups in total. The van der Waals surface area contributed by atoms with Gasteiger partial charge in [-0.3, -0.25) is 0 Å². The molecule has 2 aromatic carbocycles. The molecule has 32 heavy (non-hydrogen) atoms. The lowest BCUT2D eigenvalue weighted by atomic mass is 10.1. The average molecular weight is 460 g/mol. The summed E-state index contributed by atoms with van der Waals surface area (Å²) in [6, 6.07) is 8.76. The lowest BCUT2D eigenvalue weighted by molar-refractivity contribution is -0.215. The molecule has 1 heterocycles. The van der Waals surface area contributed by atoms with Crippen molar-refractivity contribution in [3.8, 4) is 11.8 Å². The van der Waals surface area contributed by atoms with E-state index in [2.05, 4.69) is 0 Å². The van der Waals surface area contributed by atoms with Crippen molar-refractivity contribution in [2.24, 2.45) is 0 Å². The number of nitrogens with zero attached hydrogens (tertiary/aromatic N) is 2. The third kappa shape index (κ3) is 5.05. The number of halogens is 6. The Morgan fingerprint density at radius 3 is 2.34 bits per heavy atom. The van der Waals surface area contributed by atoms with Crippen molar-refractivity contribution in [1.82, 2.24) is 0 Å². The SMILES string of the molecule is N#Cc1ccc(N2C[C@@H](COc3ccc(C(=O)O)cc3)O[C@@H]2C(F)(F)F)cc1C(F)(F)F. The summed E-state index contributed by atoms with van der Waals surface area (Å²) in [5.41, 5.74) is -2.49. The summed E-state index contributed by atoms with van der Waals surface area (Å²) in [6.07, 6.45) is -13.5. The molecule has 0 saturated carbocycles. The summed E-state index contributed by atoms with van der Waals surface area (Å²) in [7, 11) is 0. The van der Waals surface area contributed by atoms with Crippen molar-refractivity contribution in [2.75, 3.05) is 18.1 Å². The number of carbonyl (C=O) groups is 1. The van der Waals surface area contributed by atoms with Crippen LogP contribution >= 0.6 is 0 Å². The van der Waals surface area contributed by atoms with Crippen LogP contribution in [0.25, 0.3) is 0 Å². The Morgan fingerprint density at radius 2 is 1.81 bits per heavy atom. The normalized spacial score (nSPS) is 19.0. The zero-order chi connectivity index (χ0) is 23.7. The molecule has 2 atom stereocenters. The van der Waals surface area contributed by atoms with E-state index in [4.69, 9.17) is 19.8 Å². The molecule has 0 unspecified atom stereocenters. The van der Waals surface area contributed by atoms with Gasteiger partial charge in [0.05, 0.1) is 29.3 Å². The highest BCUT2D eigenvalue weighted by Gasteiger charge is 2.51. The Morgan fingerprint density at radius 1 is 1.16 bits per heavy atom. The van der Waals surface area contributed by atoms with E-state index in [0.29, 0.717) is 11.0 Å². The molecule has 0 radical (unpaired) electrons. The minimum Gasteiger partial charge on any atom is -0.491 e. The first kappa shape index (κ1) is 23.2. The summed E-state index contributed by atoms with van der Waals surface area (Å²) in [4.78, 5) is 11.5. The van der Waals surface area contributed by atoms with E-state index in [1.807, 2.05) is 0 Å². The largest absolute Gasteiger partial charge is 0.491 e. The number of rotatable bonds is 5. The molecule has 0 spiro atoms. The monoisotopic (exact) mass is 460 g/mol. The van der Waals surface area contributed by atoms with Crippen LogP contribution in [-0.4, -0.2) is 42.7 Å². The molecule has 0 amide bonds. The fraction of sp³-hybridized carbons (Fsp3) is 0.300. The highest BCUT2D eigenvalue weighted by molar-refractivity contribution is 5.87. The van der Waals surface area contributed by atoms with Gasteiger partial charge < -0.3 is 19.5 Å². The molecule has 170 valence electrons. The lowest BCUT2D eigenvalue weighted by Gasteiger charge is -2.27. The molecule has 1 fully saturated rings. The molecular weight excluding hydrogens is 446 g/mol. The minimum absolute atomic E-state index is 0.0148. The summed E-state index contributed by atoms with van der Waals surface area (Å²) < 4.78 is 90.5. The Bertz CT molecular complexity index is 1030. The third-order valence-electron chi connectivity index (χ3n) is 4.58. The predicted molar refractivity (Wildman–Crippen MR) is 97.1 cm³/mol. The van der Waals surface area contributed by atoms with Crippen molar-refractivity contribution in [1.29, 1.82) is 5.26 Å². The van der Waals surface area contributed by atoms with E-state index < -0.39 is 54.0 Å². The van der Waals surface area contributed by atoms with Crippen LogP contribution in [0.1, 0.15) is 21.5 Å². The molecule has 2 aromatic rings. The van der Waals surface area contributed by atoms with Crippen LogP contribution in [-0.2, 0) is 10.9 Å². The quantitative estimate of drug-likeness (QED) is 0.665. The summed E-state index contributed by atoms with van der Waals surface area (Å²) >= 11 is 0. The number of carboxylic acids is 1. The highest BCUT2D eigenvalue weighted by Crippen LogP contribution is 2.39. The van der Waals surface area contributed by atoms with Gasteiger partial charge in [-0.2, -0.15) is 31.6 Å². The van der Waals surface area contributed by atoms with Crippen LogP contribution in [0.2, 0.25) is 0 Å². The van der Waals surface area contributed by atoms with Crippen LogP contribution in [0.3, 0.4) is 0 Å². The van der Waals surface area contributed by atoms with Crippen LogP contribution < -0.4 is 9.64 Å². The molecule has 1 saturated heterocycles. The van der Waals surface area contributed by atoms with E-state index in [-0.39, 0.29) is 17.9 Å². The van der Waals surface area contributed by atoms with Crippen molar-refractivity contribution in [3.05, 3.63) is 59.2 Å². The molecule has 0 aliphatic carbocycles. The molecular formula is C20H14F6N2O4. The zero-order valence-corrected chi connectivity index (χ0v) is 15.9. The van der Waals surface area contributed by atoms with Crippen molar-refractivity contribution in [3.63, 3.8) is 0 Å². The number of ether oxygens (including phenoxy) is 2. The Kier molecular flexibility index (Phi) is 6.23. The lowest BCUT2D eigenvalue weighted by Crippen LogP contribution is -2.42. The number of hydrogen-bond donors (Lipinski definition) is 1. The Labute approximate surface area is 177 Å². The van der Waals surface area contributed by atoms with Gasteiger partial charge in [0.1, 0.15) is 18.5 Å². The van der Waals surface area contributed by atoms with Gasteiger partial charge in [-0.05, 0) is 42.5 Å². The second-order valence-corrected chi connectivity index (χ2v) is 6.78. The number of nitriles is 1. The number of aromatic carboxylic acids is 1. The standard InChI is InChI=1S/C20H14F6N2O4/c21-19(22,23)16-7-13(4-1-12(16)8-27)28-9-15(32-18(28)20(24,25)26)10-31-14-5-2-11(3-6-14)17(29)30/h1-7,15,18H,9-10H2,(H,29,30)/t15-,18+/m0/s1. The van der Waals surface area contributed by atoms with Gasteiger partial charge in [-0.25, -0.2) is 4.79 Å². The molecule has 6 nitrogen and oxygen atoms in total. The van der Waals surface area contributed by atoms with Gasteiger partial charge in [-0.1, -0.05) is 0 Å². The summed E-state index contributed by atoms with van der Waals surface area (Å²) in [5.74, 6) is -0.988. The molecule has 1 aliphatic heterocycles. The number of benzene rings is 2. The van der Waals surface area contributed by atoms with Crippen LogP contribution in [0, 0.1) is 11.3 Å². The number of anilines is 1. The van der Waals surface area contributed by atoms with Crippen LogP contribution in [0.4, 0.5) is 32.0 Å². The third-order valence-corrected chi connectivity index (χ3v) is 4.58. The maximum atomic E-state index is 13.5. The average Bonchev–Trinajstić information content (AvgIpc) is 3.16. The number of hydrogen-bond acceptors (Lipinski definition) is 5. The molecule has 12 heteroatoms. The maximum Gasteiger partial charge on any atom is 0.433 e. The van der Waals surface area contributed by atoms with Gasteiger partial charge in [-0.15, -0.1) is 0 Å². The van der Waals surface area contributed by atoms with E-state index in [1.165, 1.54) is 30.3 Å². The van der Waals surface area contributed by atoms with Gasteiger partial charge in [0.15, 0.2) is 0 Å². The van der Waals surface area contributed by atoms with Gasteiger partial charge >= 0.3 is 18.3 Å². The smallest absolute Gasteiger partial charge is 0.433 e. The first-order valence-electron chi connectivity index (χ1n) is 8.96. The second kappa shape index (κ2) is 8.58. The maximum absolute atomic E-state index is 13.5. The first-order chi connectivity index (χ1) is 14.9. The second-order valence-electron chi connectivity index (χ2n) is 6.78. The Balaban J connectivity index is 1.80. The summed E-state index contributed by atoms with van der Waals surface area (Å²) in [6.45, 7) is -0.793. The van der Waals surface area contributed by atoms with E-state index in [1.54, 1.807) is 0 Å². The van der Waals surface area contributed by atoms with Gasteiger partial charge in [0.2, 0.25) is 6.23 Å². The van der Waals surface area contributed by atoms with E-state index in [0.717, 1.165) is 12.1 Å². The van der Waals surface area contributed by atoms with Crippen molar-refractivity contribution >= 4 is 11.7 Å². The minimum atomic E-state index is -4.93. The van der Waals surface area contributed by atoms with Gasteiger partial charge in [0.25, 0.3) is 0 Å². The zero-order valence-electron chi connectivity index (χ0n) is 15.9. The predicted octanol–water partition coefficient (Wildman–Crippen LogP) is 4.45. The number of carboxylic acid groups (broad SMARTS) is 1. The summed E-state index contributed by atoms with van der Waals surface area (Å²) in [5, 5.41) is 17.7. The molecule has 3 rings (SSSR count). The first-order valence-corrected chi connectivity index (χ1v) is 8.96. The fourth-order valence-corrected chi connectivity index (χ4v) is 3.13. The fourth-order valence-electron chi connectivity index (χ4n) is 3.13. The number of alkyl halides is 6. The van der Waals surface area contributed by atoms with Crippen LogP contribution in [0.5, 0.6) is 5.75 Å². The van der Waals surface area contributed by atoms with E-state index in [9.17, 15) is 31.1 Å². The molecule has 0 aromatic heterocycles. The van der Waals surface area contributed by atoms with Crippen LogP contribution in [0.15, 0.2) is 42.5 Å². The molecule has 0 bridgehead atoms. The van der Waals surface area contributed by atoms with Crippen molar-refractivity contribution in [2.45, 2.75) is 24.7 Å². The topological polar surface area (TPSA) is 82.8 Å². The highest BCUT2D eigenvalue weighted by atomic mass is 19.4.